The summed E-state index contributed by atoms with van der Waals surface area (Å²) >= 11 is 0. The maximum atomic E-state index is 13.6. The van der Waals surface area contributed by atoms with Crippen LogP contribution in [-0.2, 0) is 6.42 Å². The Kier molecular flexibility index (Phi) is 6.27. The van der Waals surface area contributed by atoms with Crippen LogP contribution in [0.15, 0.2) is 18.2 Å². The Balaban J connectivity index is 2.73. The fraction of sp³-hybridized carbons (Fsp3) is 0.600. The van der Waals surface area contributed by atoms with E-state index in [1.165, 1.54) is 18.2 Å². The van der Waals surface area contributed by atoms with Crippen molar-refractivity contribution in [1.82, 2.24) is 5.32 Å². The van der Waals surface area contributed by atoms with Crippen LogP contribution >= 0.6 is 0 Å². The molecular weight excluding hydrogens is 232 g/mol. The van der Waals surface area contributed by atoms with Crippen LogP contribution in [0.5, 0.6) is 0 Å². The Morgan fingerprint density at radius 2 is 1.83 bits per heavy atom. The highest BCUT2D eigenvalue weighted by Crippen LogP contribution is 2.20. The molecule has 0 heterocycles. The van der Waals surface area contributed by atoms with E-state index in [-0.39, 0.29) is 11.6 Å². The maximum Gasteiger partial charge on any atom is 0.129 e. The van der Waals surface area contributed by atoms with Crippen molar-refractivity contribution in [3.05, 3.63) is 35.4 Å². The third-order valence-corrected chi connectivity index (χ3v) is 3.56. The first-order chi connectivity index (χ1) is 8.60. The number of rotatable bonds is 7. The van der Waals surface area contributed by atoms with Gasteiger partial charge in [-0.25, -0.2) is 8.78 Å². The van der Waals surface area contributed by atoms with E-state index in [1.54, 1.807) is 0 Å². The zero-order valence-electron chi connectivity index (χ0n) is 11.5. The minimum Gasteiger partial charge on any atom is -0.316 e. The molecule has 2 unspecified atom stereocenters. The molecule has 0 aromatic heterocycles. The average Bonchev–Trinajstić information content (AvgIpc) is 2.35. The SMILES string of the molecule is CCCCC(C)C(Cc1c(F)cccc1F)NC. The summed E-state index contributed by atoms with van der Waals surface area (Å²) in [5.74, 6) is -0.482. The van der Waals surface area contributed by atoms with Crippen LogP contribution in [0.2, 0.25) is 0 Å². The Hall–Kier alpha value is -0.960. The predicted octanol–water partition coefficient (Wildman–Crippen LogP) is 3.92. The molecule has 18 heavy (non-hydrogen) atoms. The van der Waals surface area contributed by atoms with Gasteiger partial charge in [0.25, 0.3) is 0 Å². The summed E-state index contributed by atoms with van der Waals surface area (Å²) in [4.78, 5) is 0. The second-order valence-corrected chi connectivity index (χ2v) is 4.92. The molecule has 0 aliphatic carbocycles. The van der Waals surface area contributed by atoms with E-state index < -0.39 is 11.6 Å². The maximum absolute atomic E-state index is 13.6. The zero-order valence-corrected chi connectivity index (χ0v) is 11.5. The Labute approximate surface area is 109 Å². The van der Waals surface area contributed by atoms with Crippen LogP contribution in [0.1, 0.15) is 38.7 Å². The van der Waals surface area contributed by atoms with Gasteiger partial charge in [-0.1, -0.05) is 32.8 Å². The summed E-state index contributed by atoms with van der Waals surface area (Å²) in [6, 6.07) is 4.16. The largest absolute Gasteiger partial charge is 0.316 e. The van der Waals surface area contributed by atoms with Crippen LogP contribution in [0.4, 0.5) is 8.78 Å². The van der Waals surface area contributed by atoms with Gasteiger partial charge in [0, 0.05) is 11.6 Å². The molecule has 102 valence electrons. The standard InChI is InChI=1S/C15H23F2N/c1-4-5-7-11(2)15(18-3)10-12-13(16)8-6-9-14(12)17/h6,8-9,11,15,18H,4-5,7,10H2,1-3H3. The number of nitrogens with one attached hydrogen (secondary N) is 1. The van der Waals surface area contributed by atoms with Gasteiger partial charge in [0.2, 0.25) is 0 Å². The van der Waals surface area contributed by atoms with Gasteiger partial charge in [0.15, 0.2) is 0 Å². The minimum atomic E-state index is -0.446. The molecule has 1 nitrogen and oxygen atoms in total. The molecule has 1 N–H and O–H groups in total. The van der Waals surface area contributed by atoms with Crippen molar-refractivity contribution in [2.75, 3.05) is 7.05 Å². The molecule has 0 aliphatic rings. The Morgan fingerprint density at radius 3 is 2.33 bits per heavy atom. The molecule has 0 spiro atoms. The third-order valence-electron chi connectivity index (χ3n) is 3.56. The van der Waals surface area contributed by atoms with Gasteiger partial charge in [-0.15, -0.1) is 0 Å². The zero-order chi connectivity index (χ0) is 13.5. The number of unbranched alkanes of at least 4 members (excludes halogenated alkanes) is 1. The van der Waals surface area contributed by atoms with Gasteiger partial charge in [-0.2, -0.15) is 0 Å². The number of hydrogen-bond acceptors (Lipinski definition) is 1. The number of hydrogen-bond donors (Lipinski definition) is 1. The number of halogens is 2. The highest BCUT2D eigenvalue weighted by Gasteiger charge is 2.19. The lowest BCUT2D eigenvalue weighted by atomic mass is 9.90. The van der Waals surface area contributed by atoms with Crippen molar-refractivity contribution in [1.29, 1.82) is 0 Å². The molecule has 0 saturated heterocycles. The van der Waals surface area contributed by atoms with E-state index in [2.05, 4.69) is 19.2 Å². The topological polar surface area (TPSA) is 12.0 Å². The lowest BCUT2D eigenvalue weighted by molar-refractivity contribution is 0.358. The smallest absolute Gasteiger partial charge is 0.129 e. The monoisotopic (exact) mass is 255 g/mol. The summed E-state index contributed by atoms with van der Waals surface area (Å²) in [6.45, 7) is 4.28. The van der Waals surface area contributed by atoms with E-state index in [9.17, 15) is 8.78 Å². The van der Waals surface area contributed by atoms with E-state index in [1.807, 2.05) is 7.05 Å². The first-order valence-corrected chi connectivity index (χ1v) is 6.70. The molecule has 1 aromatic rings. The van der Waals surface area contributed by atoms with Gasteiger partial charge in [-0.05, 0) is 37.9 Å². The quantitative estimate of drug-likeness (QED) is 0.778. The van der Waals surface area contributed by atoms with Gasteiger partial charge < -0.3 is 5.32 Å². The van der Waals surface area contributed by atoms with E-state index in [0.29, 0.717) is 12.3 Å². The molecule has 0 bridgehead atoms. The van der Waals surface area contributed by atoms with E-state index >= 15 is 0 Å². The molecular formula is C15H23F2N. The van der Waals surface area contributed by atoms with Gasteiger partial charge in [-0.3, -0.25) is 0 Å². The molecule has 0 aliphatic heterocycles. The summed E-state index contributed by atoms with van der Waals surface area (Å²) in [6.07, 6.45) is 3.78. The van der Waals surface area contributed by atoms with Crippen molar-refractivity contribution in [3.63, 3.8) is 0 Å². The third kappa shape index (κ3) is 4.05. The number of likely N-dealkylation sites (N-methyl/N-ethyl adjacent to an activating group) is 1. The second-order valence-electron chi connectivity index (χ2n) is 4.92. The Bertz CT molecular complexity index is 345. The van der Waals surface area contributed by atoms with Crippen LogP contribution in [-0.4, -0.2) is 13.1 Å². The van der Waals surface area contributed by atoms with Crippen molar-refractivity contribution in [2.24, 2.45) is 5.92 Å². The minimum absolute atomic E-state index is 0.114. The Morgan fingerprint density at radius 1 is 1.22 bits per heavy atom. The first-order valence-electron chi connectivity index (χ1n) is 6.70. The molecule has 0 saturated carbocycles. The summed E-state index contributed by atoms with van der Waals surface area (Å²) in [5.41, 5.74) is 0.195. The predicted molar refractivity (Wildman–Crippen MR) is 71.6 cm³/mol. The van der Waals surface area contributed by atoms with Crippen molar-refractivity contribution >= 4 is 0 Å². The second kappa shape index (κ2) is 7.47. The summed E-state index contributed by atoms with van der Waals surface area (Å²) < 4.78 is 27.2. The first kappa shape index (κ1) is 15.1. The molecule has 2 atom stereocenters. The normalized spacial score (nSPS) is 14.5. The van der Waals surface area contributed by atoms with Crippen LogP contribution in [0.25, 0.3) is 0 Å². The molecule has 0 amide bonds. The van der Waals surface area contributed by atoms with Crippen molar-refractivity contribution in [3.8, 4) is 0 Å². The van der Waals surface area contributed by atoms with Gasteiger partial charge in [0.05, 0.1) is 0 Å². The molecule has 1 rings (SSSR count). The van der Waals surface area contributed by atoms with Crippen molar-refractivity contribution in [2.45, 2.75) is 45.6 Å². The summed E-state index contributed by atoms with van der Waals surface area (Å²) in [5, 5.41) is 3.18. The van der Waals surface area contributed by atoms with Crippen LogP contribution in [0.3, 0.4) is 0 Å². The highest BCUT2D eigenvalue weighted by molar-refractivity contribution is 5.20. The van der Waals surface area contributed by atoms with E-state index in [0.717, 1.165) is 19.3 Å². The average molecular weight is 255 g/mol. The molecule has 0 radical (unpaired) electrons. The number of benzene rings is 1. The van der Waals surface area contributed by atoms with Gasteiger partial charge >= 0.3 is 0 Å². The highest BCUT2D eigenvalue weighted by atomic mass is 19.1. The van der Waals surface area contributed by atoms with Crippen LogP contribution < -0.4 is 5.32 Å². The molecule has 1 aromatic carbocycles. The van der Waals surface area contributed by atoms with Crippen LogP contribution in [0, 0.1) is 17.6 Å². The summed E-state index contributed by atoms with van der Waals surface area (Å²) in [7, 11) is 1.85. The molecule has 0 fully saturated rings. The lowest BCUT2D eigenvalue weighted by Gasteiger charge is -2.24. The fourth-order valence-corrected chi connectivity index (χ4v) is 2.26. The molecule has 3 heteroatoms. The van der Waals surface area contributed by atoms with E-state index in [4.69, 9.17) is 0 Å². The van der Waals surface area contributed by atoms with Gasteiger partial charge in [0.1, 0.15) is 11.6 Å². The fourth-order valence-electron chi connectivity index (χ4n) is 2.26. The lowest BCUT2D eigenvalue weighted by Crippen LogP contribution is -2.34. The van der Waals surface area contributed by atoms with Crippen molar-refractivity contribution < 1.29 is 8.78 Å².